The van der Waals surface area contributed by atoms with Gasteiger partial charge in [-0.15, -0.1) is 0 Å². The van der Waals surface area contributed by atoms with Gasteiger partial charge in [0.05, 0.1) is 77.3 Å². The van der Waals surface area contributed by atoms with Gasteiger partial charge in [0.15, 0.2) is 24.9 Å². The number of H-pyrrole nitrogens is 4. The molecule has 7 unspecified atom stereocenters. The highest BCUT2D eigenvalue weighted by molar-refractivity contribution is 7.53. The van der Waals surface area contributed by atoms with Gasteiger partial charge in [-0.1, -0.05) is 72.8 Å². The van der Waals surface area contributed by atoms with E-state index in [1.807, 2.05) is 0 Å². The smallest absolute Gasteiger partial charge is 0.459 e. The molecule has 12 N–H and O–H groups in total. The zero-order valence-corrected chi connectivity index (χ0v) is 83.0. The van der Waals surface area contributed by atoms with Gasteiger partial charge >= 0.3 is 77.6 Å². The third kappa shape index (κ3) is 26.4. The van der Waals surface area contributed by atoms with Crippen LogP contribution in [-0.2, 0) is 112 Å². The number of aliphatic hydroxyl groups excluding tert-OH is 4. The molecule has 24 atom stereocenters. The Bertz CT molecular complexity index is 5770. The maximum absolute atomic E-state index is 13.7. The number of hydrogen-bond acceptors (Lipinski definition) is 40. The van der Waals surface area contributed by atoms with E-state index in [4.69, 9.17) is 93.0 Å². The van der Waals surface area contributed by atoms with Crippen LogP contribution in [0.15, 0.2) is 209 Å². The summed E-state index contributed by atoms with van der Waals surface area (Å²) in [6.07, 6.45) is -9.72. The average Bonchev–Trinajstić information content (AvgIpc) is 1.59. The van der Waals surface area contributed by atoms with Crippen molar-refractivity contribution in [2.24, 2.45) is 0 Å². The quantitative estimate of drug-likeness (QED) is 0.0149. The van der Waals surface area contributed by atoms with Crippen LogP contribution >= 0.6 is 31.0 Å². The molecule has 4 aromatic carbocycles. The van der Waals surface area contributed by atoms with Crippen molar-refractivity contribution in [3.63, 3.8) is 0 Å². The number of nitrogens with zero attached hydrogens (tertiary/aromatic N) is 4. The molecule has 144 heavy (non-hydrogen) atoms. The molecule has 8 saturated heterocycles. The zero-order valence-electron chi connectivity index (χ0n) is 79.4. The standard InChI is InChI=1S/4C22H28N3O10P/c4*1-13(2)33-20(28)14(3)24-36(30,35-15-7-5-4-6-8-15)32-12-22-11-31-17(18(22)27)19(34-22)25-10-9-16(26)23-21(25)29/h4*4-10,13-14,17-19,27H,11-12H2,1-3H3,(H,24,30)(H,23,26,29)/t14?,17-,18+,19-,22-,36?;14-,17+,18-,19?,22+,36?;14-,17-,18+,19?,22-,36?;14-,17-,18+,19?,22-,36-/m1011/s1. The van der Waals surface area contributed by atoms with E-state index in [-0.39, 0.29) is 73.8 Å². The zero-order chi connectivity index (χ0) is 104. The fraction of sp³-hybridized carbons (Fsp3) is 0.500. The molecule has 56 heteroatoms. The molecular weight excluding hydrogens is 1990 g/mol. The second-order valence-electron chi connectivity index (χ2n) is 35.3. The predicted molar refractivity (Wildman–Crippen MR) is 498 cm³/mol. The molecule has 784 valence electrons. The van der Waals surface area contributed by atoms with Crippen molar-refractivity contribution in [1.29, 1.82) is 0 Å². The van der Waals surface area contributed by atoms with Gasteiger partial charge in [-0.3, -0.25) is 94.7 Å². The number of para-hydroxylation sites is 4. The highest BCUT2D eigenvalue weighted by atomic mass is 31.2. The second-order valence-corrected chi connectivity index (χ2v) is 42.1. The van der Waals surface area contributed by atoms with Gasteiger partial charge in [-0.2, -0.15) is 20.3 Å². The molecule has 8 bridgehead atoms. The Balaban J connectivity index is 0.000000161. The lowest BCUT2D eigenvalue weighted by Crippen LogP contribution is -2.46. The Hall–Kier alpha value is -11.2. The van der Waals surface area contributed by atoms with Gasteiger partial charge in [0.25, 0.3) is 22.2 Å². The summed E-state index contributed by atoms with van der Waals surface area (Å²) in [5.41, 5.74) is -11.3. The fourth-order valence-corrected chi connectivity index (χ4v) is 21.8. The summed E-state index contributed by atoms with van der Waals surface area (Å²) >= 11 is 0. The first-order chi connectivity index (χ1) is 68.1. The Kier molecular flexibility index (Phi) is 35.3. The Morgan fingerprint density at radius 1 is 0.319 bits per heavy atom. The first-order valence-corrected chi connectivity index (χ1v) is 51.3. The first-order valence-electron chi connectivity index (χ1n) is 45.1. The van der Waals surface area contributed by atoms with Crippen molar-refractivity contribution in [3.05, 3.63) is 254 Å². The number of benzene rings is 4. The van der Waals surface area contributed by atoms with Gasteiger partial charge in [-0.25, -0.2) is 37.4 Å². The van der Waals surface area contributed by atoms with E-state index >= 15 is 0 Å². The summed E-state index contributed by atoms with van der Waals surface area (Å²) in [5.74, 6) is -1.82. The molecule has 0 aliphatic carbocycles. The number of rotatable bonds is 40. The Morgan fingerprint density at radius 2 is 0.500 bits per heavy atom. The van der Waals surface area contributed by atoms with E-state index in [1.165, 1.54) is 52.5 Å². The number of fused-ring (bicyclic) bond motifs is 8. The van der Waals surface area contributed by atoms with Crippen molar-refractivity contribution in [3.8, 4) is 23.0 Å². The highest BCUT2D eigenvalue weighted by Gasteiger charge is 2.67. The van der Waals surface area contributed by atoms with Gasteiger partial charge in [0, 0.05) is 49.1 Å². The van der Waals surface area contributed by atoms with Gasteiger partial charge < -0.3 is 95.4 Å². The normalized spacial score (nSPS) is 27.5. The average molecular weight is 2100 g/mol. The van der Waals surface area contributed by atoms with E-state index in [0.717, 1.165) is 42.5 Å². The number of aromatic nitrogens is 8. The van der Waals surface area contributed by atoms with Crippen LogP contribution in [0.1, 0.15) is 108 Å². The molecule has 52 nitrogen and oxygen atoms in total. The largest absolute Gasteiger partial charge is 0.462 e. The number of hydrogen-bond donors (Lipinski definition) is 12. The number of nitrogens with one attached hydrogen (secondary N) is 8. The molecule has 8 fully saturated rings. The minimum Gasteiger partial charge on any atom is -0.462 e. The molecule has 8 aliphatic heterocycles. The lowest BCUT2D eigenvalue weighted by atomic mass is 10.0. The molecule has 8 aliphatic rings. The van der Waals surface area contributed by atoms with E-state index in [9.17, 15) is 96.2 Å². The van der Waals surface area contributed by atoms with Gasteiger partial charge in [0.2, 0.25) is 0 Å². The van der Waals surface area contributed by atoms with Gasteiger partial charge in [-0.05, 0) is 132 Å². The van der Waals surface area contributed by atoms with Crippen molar-refractivity contribution >= 4 is 54.9 Å². The minimum atomic E-state index is -4.23. The second kappa shape index (κ2) is 46.3. The molecule has 12 heterocycles. The van der Waals surface area contributed by atoms with E-state index in [2.05, 4.69) is 40.3 Å². The molecule has 16 rings (SSSR count). The Labute approximate surface area is 818 Å². The van der Waals surface area contributed by atoms with E-state index < -0.39 is 247 Å². The third-order valence-electron chi connectivity index (χ3n) is 22.5. The SMILES string of the molecule is CC(C)OC(=O)C(C)NP(=O)(OC[C@@]12CO[C@@H]([C@H](n3ccc(=O)[nH]c3=O)O1)[C@@H]2O)Oc1ccccc1.CC(C)OC(=O)[C@@H](C)NP(=O)(OC[C@@]12CO[C@@H](C(n3ccc(=O)[nH]c3=O)O1)[C@@H]2O)Oc1ccccc1.CC(C)OC(=O)[C@@H](C)N[P@@](=O)(OC[C@@]12CO[C@@H](C(n3ccc(=O)[nH]c3=O)O1)[C@@H]2O)Oc1ccccc1.CC(C)OC(=O)[C@H](C)NP(=O)(OC[C@@]12CO[C@@H](C(n3ccc(=O)[nH]c3=O)O1)[C@@H]2O)Oc1ccccc1. The van der Waals surface area contributed by atoms with Crippen LogP contribution in [0.2, 0.25) is 0 Å². The van der Waals surface area contributed by atoms with Crippen molar-refractivity contribution < 1.29 is 151 Å². The Morgan fingerprint density at radius 3 is 0.667 bits per heavy atom. The summed E-state index contributed by atoms with van der Waals surface area (Å²) < 4.78 is 171. The molecule has 4 aromatic heterocycles. The number of carbonyl (C=O) groups excluding carboxylic acids is 4. The summed E-state index contributed by atoms with van der Waals surface area (Å²) in [4.78, 5) is 152. The van der Waals surface area contributed by atoms with Crippen LogP contribution in [0.25, 0.3) is 0 Å². The summed E-state index contributed by atoms with van der Waals surface area (Å²) in [5, 5.41) is 53.7. The number of ether oxygens (including phenoxy) is 12. The monoisotopic (exact) mass is 2100 g/mol. The summed E-state index contributed by atoms with van der Waals surface area (Å²) in [7, 11) is -16.9. The first kappa shape index (κ1) is 110. The van der Waals surface area contributed by atoms with Crippen molar-refractivity contribution in [2.45, 2.75) is 228 Å². The van der Waals surface area contributed by atoms with Gasteiger partial charge in [0.1, 0.15) is 118 Å². The minimum absolute atomic E-state index is 0.121. The molecule has 8 aromatic rings. The highest BCUT2D eigenvalue weighted by Crippen LogP contribution is 2.56. The van der Waals surface area contributed by atoms with Crippen LogP contribution < -0.4 is 83.4 Å². The van der Waals surface area contributed by atoms with Crippen LogP contribution in [0, 0.1) is 0 Å². The molecule has 0 saturated carbocycles. The van der Waals surface area contributed by atoms with Crippen molar-refractivity contribution in [1.82, 2.24) is 58.6 Å². The third-order valence-corrected chi connectivity index (χ3v) is 29.0. The maximum atomic E-state index is 13.7. The van der Waals surface area contributed by atoms with Crippen LogP contribution in [0.5, 0.6) is 23.0 Å². The van der Waals surface area contributed by atoms with E-state index in [1.54, 1.807) is 177 Å². The molecular formula is C88H112N12O40P4. The topological polar surface area (TPSA) is 670 Å². The molecule has 0 spiro atoms. The van der Waals surface area contributed by atoms with Crippen LogP contribution in [0.3, 0.4) is 0 Å². The predicted octanol–water partition coefficient (Wildman–Crippen LogP) is 2.79. The summed E-state index contributed by atoms with van der Waals surface area (Å²) in [6, 6.07) is 33.1. The number of aliphatic hydroxyl groups is 4. The van der Waals surface area contributed by atoms with Crippen molar-refractivity contribution in [2.75, 3.05) is 52.9 Å². The van der Waals surface area contributed by atoms with Crippen LogP contribution in [0.4, 0.5) is 0 Å². The van der Waals surface area contributed by atoms with Crippen LogP contribution in [-0.4, -0.2) is 255 Å². The number of carbonyl (C=O) groups is 4. The number of esters is 4. The number of aromatic amines is 4. The van der Waals surface area contributed by atoms with E-state index in [0.29, 0.717) is 0 Å². The molecule has 0 amide bonds. The lowest BCUT2D eigenvalue weighted by molar-refractivity contribution is -0.185. The molecule has 0 radical (unpaired) electrons. The lowest BCUT2D eigenvalue weighted by Gasteiger charge is -2.32. The fourth-order valence-electron chi connectivity index (χ4n) is 15.6. The summed E-state index contributed by atoms with van der Waals surface area (Å²) in [6.45, 7) is 16.9. The maximum Gasteiger partial charge on any atom is 0.459 e.